The molecule has 2 aliphatic heterocycles. The minimum atomic E-state index is -0.288. The van der Waals surface area contributed by atoms with Gasteiger partial charge >= 0.3 is 6.03 Å². The quantitative estimate of drug-likeness (QED) is 0.179. The zero-order chi connectivity index (χ0) is 37.2. The van der Waals surface area contributed by atoms with Gasteiger partial charge < -0.3 is 19.7 Å². The van der Waals surface area contributed by atoms with E-state index in [0.717, 1.165) is 118 Å². The van der Waals surface area contributed by atoms with Crippen LogP contribution in [0.25, 0.3) is 11.3 Å². The van der Waals surface area contributed by atoms with Crippen molar-refractivity contribution < 1.29 is 14.3 Å². The van der Waals surface area contributed by atoms with Crippen molar-refractivity contribution in [2.24, 2.45) is 0 Å². The number of hydrogen-bond donors (Lipinski definition) is 2. The van der Waals surface area contributed by atoms with Gasteiger partial charge in [-0.2, -0.15) is 10.2 Å². The summed E-state index contributed by atoms with van der Waals surface area (Å²) in [4.78, 5) is 18.5. The van der Waals surface area contributed by atoms with Crippen LogP contribution in [0, 0.1) is 0 Å². The second-order valence-corrected chi connectivity index (χ2v) is 15.9. The number of anilines is 2. The third kappa shape index (κ3) is 7.81. The number of aromatic nitrogens is 7. The average molecular weight is 736 g/mol. The first-order chi connectivity index (χ1) is 26.2. The van der Waals surface area contributed by atoms with E-state index >= 15 is 0 Å². The summed E-state index contributed by atoms with van der Waals surface area (Å²) in [5.41, 5.74) is 4.39. The zero-order valence-corrected chi connectivity index (χ0v) is 31.9. The molecule has 2 N–H and O–H groups in total. The summed E-state index contributed by atoms with van der Waals surface area (Å²) >= 11 is 0. The minimum absolute atomic E-state index is 0.159. The molecule has 4 aromatic heterocycles. The van der Waals surface area contributed by atoms with Gasteiger partial charge in [0.2, 0.25) is 5.95 Å². The predicted octanol–water partition coefficient (Wildman–Crippen LogP) is 6.29. The largest absolute Gasteiger partial charge is 0.484 e. The number of piperidine rings is 1. The predicted molar refractivity (Wildman–Crippen MR) is 208 cm³/mol. The first-order valence-corrected chi connectivity index (χ1v) is 19.6. The highest BCUT2D eigenvalue weighted by molar-refractivity contribution is 5.89. The molecule has 2 amide bonds. The molecule has 1 aliphatic carbocycles. The SMILES string of the molecule is C[C@H]1CCCCN1c1nnc2ccc(O[C@@H]3CC[C@H](NC(=O)Nc4cc(C(C)(C)C)nn4-c4cnn(CCN5CCCOCC5)c4)c4ccccc43)cn12. The topological polar surface area (TPSA) is 132 Å². The number of urea groups is 1. The smallest absolute Gasteiger partial charge is 0.320 e. The molecule has 14 nitrogen and oxygen atoms in total. The Balaban J connectivity index is 0.958. The molecule has 5 aromatic rings. The van der Waals surface area contributed by atoms with Crippen LogP contribution in [0.2, 0.25) is 0 Å². The Bertz CT molecular complexity index is 2050. The summed E-state index contributed by atoms with van der Waals surface area (Å²) in [6, 6.07) is 14.1. The Morgan fingerprint density at radius 3 is 2.67 bits per heavy atom. The van der Waals surface area contributed by atoms with E-state index in [1.165, 1.54) is 6.42 Å². The number of benzene rings is 1. The third-order valence-corrected chi connectivity index (χ3v) is 11.0. The molecule has 14 heteroatoms. The van der Waals surface area contributed by atoms with Gasteiger partial charge in [-0.15, -0.1) is 10.2 Å². The normalized spacial score (nSPS) is 21.1. The number of hydrogen-bond acceptors (Lipinski definition) is 9. The van der Waals surface area contributed by atoms with E-state index in [2.05, 4.69) is 75.6 Å². The van der Waals surface area contributed by atoms with Gasteiger partial charge in [-0.3, -0.25) is 19.3 Å². The van der Waals surface area contributed by atoms with E-state index in [1.807, 2.05) is 58.0 Å². The molecule has 0 unspecified atom stereocenters. The van der Waals surface area contributed by atoms with E-state index in [4.69, 9.17) is 14.6 Å². The lowest BCUT2D eigenvalue weighted by Gasteiger charge is -2.33. The van der Waals surface area contributed by atoms with Gasteiger partial charge in [0.25, 0.3) is 0 Å². The summed E-state index contributed by atoms with van der Waals surface area (Å²) in [5.74, 6) is 2.22. The molecule has 6 heterocycles. The second-order valence-electron chi connectivity index (χ2n) is 15.9. The molecule has 2 saturated heterocycles. The van der Waals surface area contributed by atoms with Crippen molar-refractivity contribution in [2.45, 2.75) is 96.4 Å². The van der Waals surface area contributed by atoms with Crippen LogP contribution in [0.5, 0.6) is 5.75 Å². The standard InChI is InChI=1S/C40H53N11O3/c1-28-10-7-8-18-49(28)39-45-44-36-16-13-30(27-50(36)39)54-34-15-14-33(31-11-5-6-12-32(31)34)42-38(52)43-37-24-35(40(2,3)4)46-51(37)29-25-41-48(26-29)20-19-47-17-9-22-53-23-21-47/h5-6,11-13,16,24-28,33-34H,7-10,14-15,17-23H2,1-4H3,(H2,42,43,52)/t28-,33-,34+/m0/s1. The number of ether oxygens (including phenoxy) is 2. The van der Waals surface area contributed by atoms with Gasteiger partial charge in [-0.1, -0.05) is 45.0 Å². The van der Waals surface area contributed by atoms with Crippen LogP contribution in [0.1, 0.15) is 95.2 Å². The zero-order valence-electron chi connectivity index (χ0n) is 31.9. The van der Waals surface area contributed by atoms with Crippen LogP contribution in [0.3, 0.4) is 0 Å². The number of rotatable bonds is 9. The molecule has 0 spiro atoms. The Morgan fingerprint density at radius 1 is 0.944 bits per heavy atom. The number of carbonyl (C=O) groups excluding carboxylic acids is 1. The van der Waals surface area contributed by atoms with Crippen molar-refractivity contribution in [1.82, 2.24) is 44.4 Å². The second kappa shape index (κ2) is 15.4. The fraction of sp³-hybridized carbons (Fsp3) is 0.525. The molecule has 8 rings (SSSR count). The van der Waals surface area contributed by atoms with E-state index in [9.17, 15) is 4.79 Å². The molecule has 3 atom stereocenters. The maximum Gasteiger partial charge on any atom is 0.320 e. The summed E-state index contributed by atoms with van der Waals surface area (Å²) < 4.78 is 18.1. The van der Waals surface area contributed by atoms with E-state index in [-0.39, 0.29) is 23.6 Å². The molecule has 286 valence electrons. The van der Waals surface area contributed by atoms with Crippen molar-refractivity contribution >= 4 is 23.4 Å². The molecule has 0 bridgehead atoms. The fourth-order valence-corrected chi connectivity index (χ4v) is 7.90. The van der Waals surface area contributed by atoms with Gasteiger partial charge in [0.05, 0.1) is 43.5 Å². The van der Waals surface area contributed by atoms with Gasteiger partial charge in [-0.05, 0) is 68.7 Å². The Kier molecular flexibility index (Phi) is 10.3. The van der Waals surface area contributed by atoms with Crippen molar-refractivity contribution in [1.29, 1.82) is 0 Å². The number of fused-ring (bicyclic) bond motifs is 2. The van der Waals surface area contributed by atoms with Crippen molar-refractivity contribution in [2.75, 3.05) is 49.6 Å². The van der Waals surface area contributed by atoms with Crippen LogP contribution in [0.15, 0.2) is 61.1 Å². The highest BCUT2D eigenvalue weighted by atomic mass is 16.5. The highest BCUT2D eigenvalue weighted by Crippen LogP contribution is 2.39. The molecular formula is C40H53N11O3. The van der Waals surface area contributed by atoms with Crippen LogP contribution in [0.4, 0.5) is 16.6 Å². The fourth-order valence-electron chi connectivity index (χ4n) is 7.90. The molecular weight excluding hydrogens is 683 g/mol. The monoisotopic (exact) mass is 735 g/mol. The van der Waals surface area contributed by atoms with Crippen LogP contribution in [-0.4, -0.2) is 90.5 Å². The van der Waals surface area contributed by atoms with Crippen molar-refractivity contribution in [3.63, 3.8) is 0 Å². The highest BCUT2D eigenvalue weighted by Gasteiger charge is 2.31. The molecule has 3 aliphatic rings. The van der Waals surface area contributed by atoms with E-state index in [1.54, 1.807) is 4.68 Å². The Hall–Kier alpha value is -4.95. The summed E-state index contributed by atoms with van der Waals surface area (Å²) in [6.45, 7) is 14.8. The van der Waals surface area contributed by atoms with Crippen molar-refractivity contribution in [3.05, 3.63) is 77.9 Å². The van der Waals surface area contributed by atoms with Gasteiger partial charge in [-0.25, -0.2) is 9.48 Å². The summed E-state index contributed by atoms with van der Waals surface area (Å²) in [7, 11) is 0. The maximum absolute atomic E-state index is 13.8. The molecule has 0 saturated carbocycles. The lowest BCUT2D eigenvalue weighted by Crippen LogP contribution is -2.38. The first-order valence-electron chi connectivity index (χ1n) is 19.6. The third-order valence-electron chi connectivity index (χ3n) is 11.0. The number of carbonyl (C=O) groups is 1. The number of nitrogens with zero attached hydrogens (tertiary/aromatic N) is 9. The Morgan fingerprint density at radius 2 is 1.81 bits per heavy atom. The lowest BCUT2D eigenvalue weighted by atomic mass is 9.85. The average Bonchev–Trinajstić information content (AvgIpc) is 3.86. The molecule has 2 fully saturated rings. The van der Waals surface area contributed by atoms with E-state index < -0.39 is 0 Å². The number of nitrogens with one attached hydrogen (secondary N) is 2. The molecule has 1 aromatic carbocycles. The molecule has 54 heavy (non-hydrogen) atoms. The van der Waals surface area contributed by atoms with E-state index in [0.29, 0.717) is 11.9 Å². The molecule has 0 radical (unpaired) electrons. The number of pyridine rings is 1. The van der Waals surface area contributed by atoms with Crippen molar-refractivity contribution in [3.8, 4) is 11.4 Å². The summed E-state index contributed by atoms with van der Waals surface area (Å²) in [6.07, 6.45) is 11.7. The van der Waals surface area contributed by atoms with Crippen LogP contribution < -0.4 is 20.3 Å². The van der Waals surface area contributed by atoms with Crippen LogP contribution in [-0.2, 0) is 16.7 Å². The maximum atomic E-state index is 13.8. The lowest BCUT2D eigenvalue weighted by molar-refractivity contribution is 0.140. The van der Waals surface area contributed by atoms with Gasteiger partial charge in [0.1, 0.15) is 23.4 Å². The number of amides is 2. The van der Waals surface area contributed by atoms with Crippen LogP contribution >= 0.6 is 0 Å². The van der Waals surface area contributed by atoms with Gasteiger partial charge in [0.15, 0.2) is 5.65 Å². The minimum Gasteiger partial charge on any atom is -0.484 e. The van der Waals surface area contributed by atoms with Gasteiger partial charge in [0, 0.05) is 50.3 Å². The first kappa shape index (κ1) is 36.0. The summed E-state index contributed by atoms with van der Waals surface area (Å²) in [5, 5.41) is 24.9. The Labute approximate surface area is 316 Å².